The number of carbonyl (C=O) groups excluding carboxylic acids is 1. The van der Waals surface area contributed by atoms with Crippen LogP contribution in [0.1, 0.15) is 47.8 Å². The van der Waals surface area contributed by atoms with Crippen molar-refractivity contribution in [3.8, 4) is 0 Å². The Morgan fingerprint density at radius 1 is 1.42 bits per heavy atom. The number of furan rings is 1. The molecule has 0 saturated heterocycles. The van der Waals surface area contributed by atoms with E-state index in [1.54, 1.807) is 13.0 Å². The zero-order chi connectivity index (χ0) is 13.3. The molecule has 2 heterocycles. The van der Waals surface area contributed by atoms with Crippen LogP contribution in [0.5, 0.6) is 0 Å². The van der Waals surface area contributed by atoms with Gasteiger partial charge >= 0.3 is 0 Å². The molecule has 2 aromatic heterocycles. The average Bonchev–Trinajstić information content (AvgIpc) is 3.08. The molecule has 0 unspecified atom stereocenters. The van der Waals surface area contributed by atoms with Gasteiger partial charge in [-0.1, -0.05) is 18.0 Å². The molecule has 1 aliphatic rings. The van der Waals surface area contributed by atoms with Crippen LogP contribution in [0.4, 0.5) is 0 Å². The van der Waals surface area contributed by atoms with Crippen molar-refractivity contribution in [3.05, 3.63) is 35.9 Å². The number of nitrogens with one attached hydrogen (secondary N) is 1. The molecule has 6 nitrogen and oxygen atoms in total. The van der Waals surface area contributed by atoms with Crippen molar-refractivity contribution < 1.29 is 13.7 Å². The third-order valence-electron chi connectivity index (χ3n) is 3.55. The highest BCUT2D eigenvalue weighted by Gasteiger charge is 2.41. The van der Waals surface area contributed by atoms with Crippen LogP contribution >= 0.6 is 0 Å². The van der Waals surface area contributed by atoms with Crippen LogP contribution in [0.25, 0.3) is 0 Å². The Morgan fingerprint density at radius 3 is 2.79 bits per heavy atom. The first-order chi connectivity index (χ1) is 9.20. The number of carbonyl (C=O) groups is 1. The molecule has 6 heteroatoms. The van der Waals surface area contributed by atoms with Crippen LogP contribution in [0, 0.1) is 6.92 Å². The highest BCUT2D eigenvalue weighted by Crippen LogP contribution is 2.37. The summed E-state index contributed by atoms with van der Waals surface area (Å²) in [6, 6.07) is 1.64. The van der Waals surface area contributed by atoms with E-state index >= 15 is 0 Å². The van der Waals surface area contributed by atoms with Crippen molar-refractivity contribution >= 4 is 5.91 Å². The fourth-order valence-corrected chi connectivity index (χ4v) is 2.56. The fraction of sp³-hybridized carbons (Fsp3) is 0.462. The quantitative estimate of drug-likeness (QED) is 0.915. The summed E-state index contributed by atoms with van der Waals surface area (Å²) in [5.41, 5.74) is -0.00181. The Balaban J connectivity index is 1.87. The average molecular weight is 261 g/mol. The number of nitrogens with zero attached hydrogens (tertiary/aromatic N) is 2. The zero-order valence-electron chi connectivity index (χ0n) is 10.7. The largest absolute Gasteiger partial charge is 0.472 e. The van der Waals surface area contributed by atoms with Gasteiger partial charge in [0.25, 0.3) is 5.91 Å². The standard InChI is InChI=1S/C13H15N3O3/c1-9-14-12(16-19-9)13(5-2-3-6-13)15-11(17)10-4-7-18-8-10/h4,7-8H,2-3,5-6H2,1H3,(H,15,17). The number of aryl methyl sites for hydroxylation is 1. The van der Waals surface area contributed by atoms with Crippen LogP contribution in [0.2, 0.25) is 0 Å². The predicted molar refractivity (Wildman–Crippen MR) is 65.4 cm³/mol. The lowest BCUT2D eigenvalue weighted by atomic mass is 9.96. The van der Waals surface area contributed by atoms with E-state index in [1.165, 1.54) is 12.5 Å². The maximum atomic E-state index is 12.2. The van der Waals surface area contributed by atoms with Crippen molar-refractivity contribution in [1.82, 2.24) is 15.5 Å². The number of rotatable bonds is 3. The van der Waals surface area contributed by atoms with Gasteiger partial charge in [0.15, 0.2) is 5.82 Å². The molecule has 0 bridgehead atoms. The van der Waals surface area contributed by atoms with Crippen molar-refractivity contribution in [2.24, 2.45) is 0 Å². The van der Waals surface area contributed by atoms with Crippen molar-refractivity contribution in [1.29, 1.82) is 0 Å². The van der Waals surface area contributed by atoms with E-state index in [2.05, 4.69) is 15.5 Å². The molecule has 1 fully saturated rings. The summed E-state index contributed by atoms with van der Waals surface area (Å²) in [6.45, 7) is 1.75. The fourth-order valence-electron chi connectivity index (χ4n) is 2.56. The topological polar surface area (TPSA) is 81.2 Å². The second-order valence-electron chi connectivity index (χ2n) is 4.89. The molecular formula is C13H15N3O3. The molecule has 0 atom stereocenters. The third-order valence-corrected chi connectivity index (χ3v) is 3.55. The van der Waals surface area contributed by atoms with Gasteiger partial charge in [-0.05, 0) is 18.9 Å². The highest BCUT2D eigenvalue weighted by atomic mass is 16.5. The molecule has 1 N–H and O–H groups in total. The third kappa shape index (κ3) is 2.14. The summed E-state index contributed by atoms with van der Waals surface area (Å²) in [5.74, 6) is 0.913. The van der Waals surface area contributed by atoms with Crippen LogP contribution in [0.15, 0.2) is 27.5 Å². The maximum absolute atomic E-state index is 12.2. The zero-order valence-corrected chi connectivity index (χ0v) is 10.7. The number of hydrogen-bond acceptors (Lipinski definition) is 5. The van der Waals surface area contributed by atoms with E-state index in [9.17, 15) is 4.79 Å². The molecule has 19 heavy (non-hydrogen) atoms. The molecule has 0 radical (unpaired) electrons. The van der Waals surface area contributed by atoms with E-state index in [0.717, 1.165) is 25.7 Å². The van der Waals surface area contributed by atoms with Gasteiger partial charge in [0.2, 0.25) is 5.89 Å². The molecule has 100 valence electrons. The van der Waals surface area contributed by atoms with Gasteiger partial charge in [0, 0.05) is 6.92 Å². The van der Waals surface area contributed by atoms with Crippen LogP contribution in [-0.4, -0.2) is 16.0 Å². The minimum absolute atomic E-state index is 0.168. The van der Waals surface area contributed by atoms with Crippen molar-refractivity contribution in [2.45, 2.75) is 38.1 Å². The lowest BCUT2D eigenvalue weighted by Gasteiger charge is -2.26. The van der Waals surface area contributed by atoms with Gasteiger partial charge in [-0.25, -0.2) is 0 Å². The van der Waals surface area contributed by atoms with Gasteiger partial charge in [0.1, 0.15) is 11.8 Å². The van der Waals surface area contributed by atoms with E-state index in [0.29, 0.717) is 17.3 Å². The molecule has 1 aliphatic carbocycles. The molecule has 3 rings (SSSR count). The predicted octanol–water partition coefficient (Wildman–Crippen LogP) is 2.17. The van der Waals surface area contributed by atoms with E-state index in [4.69, 9.17) is 8.94 Å². The van der Waals surface area contributed by atoms with Gasteiger partial charge in [-0.2, -0.15) is 4.98 Å². The minimum Gasteiger partial charge on any atom is -0.472 e. The molecular weight excluding hydrogens is 246 g/mol. The Kier molecular flexibility index (Phi) is 2.85. The van der Waals surface area contributed by atoms with Crippen LogP contribution < -0.4 is 5.32 Å². The molecule has 2 aromatic rings. The van der Waals surface area contributed by atoms with Gasteiger partial charge < -0.3 is 14.3 Å². The van der Waals surface area contributed by atoms with E-state index < -0.39 is 5.54 Å². The lowest BCUT2D eigenvalue weighted by molar-refractivity contribution is 0.0891. The molecule has 1 saturated carbocycles. The smallest absolute Gasteiger partial charge is 0.255 e. The lowest BCUT2D eigenvalue weighted by Crippen LogP contribution is -2.44. The Labute approximate surface area is 110 Å². The molecule has 0 aromatic carbocycles. The SMILES string of the molecule is Cc1nc(C2(NC(=O)c3ccoc3)CCCC2)no1. The first kappa shape index (κ1) is 12.0. The normalized spacial score (nSPS) is 17.5. The second kappa shape index (κ2) is 4.53. The number of hydrogen-bond donors (Lipinski definition) is 1. The summed E-state index contributed by atoms with van der Waals surface area (Å²) in [4.78, 5) is 16.5. The Hall–Kier alpha value is -2.11. The highest BCUT2D eigenvalue weighted by molar-refractivity contribution is 5.94. The maximum Gasteiger partial charge on any atom is 0.255 e. The number of amides is 1. The Bertz CT molecular complexity index is 568. The first-order valence-corrected chi connectivity index (χ1v) is 6.35. The second-order valence-corrected chi connectivity index (χ2v) is 4.89. The summed E-state index contributed by atoms with van der Waals surface area (Å²) in [7, 11) is 0. The first-order valence-electron chi connectivity index (χ1n) is 6.35. The summed E-state index contributed by atoms with van der Waals surface area (Å²) >= 11 is 0. The molecule has 0 aliphatic heterocycles. The molecule has 0 spiro atoms. The van der Waals surface area contributed by atoms with Crippen LogP contribution in [0.3, 0.4) is 0 Å². The molecule has 1 amide bonds. The number of aromatic nitrogens is 2. The minimum atomic E-state index is -0.508. The van der Waals surface area contributed by atoms with Gasteiger partial charge in [-0.3, -0.25) is 4.79 Å². The monoisotopic (exact) mass is 261 g/mol. The van der Waals surface area contributed by atoms with E-state index in [1.807, 2.05) is 0 Å². The van der Waals surface area contributed by atoms with Crippen molar-refractivity contribution in [3.63, 3.8) is 0 Å². The summed E-state index contributed by atoms with van der Waals surface area (Å²) in [5, 5.41) is 7.02. The van der Waals surface area contributed by atoms with Gasteiger partial charge in [-0.15, -0.1) is 0 Å². The van der Waals surface area contributed by atoms with Gasteiger partial charge in [0.05, 0.1) is 11.8 Å². The van der Waals surface area contributed by atoms with Crippen LogP contribution in [-0.2, 0) is 5.54 Å². The van der Waals surface area contributed by atoms with Crippen molar-refractivity contribution in [2.75, 3.05) is 0 Å². The van der Waals surface area contributed by atoms with E-state index in [-0.39, 0.29) is 5.91 Å². The summed E-state index contributed by atoms with van der Waals surface area (Å²) in [6.07, 6.45) is 6.65. The Morgan fingerprint density at radius 2 is 2.21 bits per heavy atom. The summed E-state index contributed by atoms with van der Waals surface area (Å²) < 4.78 is 9.98.